The summed E-state index contributed by atoms with van der Waals surface area (Å²) in [6, 6.07) is -0.755. The maximum absolute atomic E-state index is 10.9. The van der Waals surface area contributed by atoms with E-state index in [0.29, 0.717) is 0 Å². The first-order valence-corrected chi connectivity index (χ1v) is 3.38. The minimum Gasteiger partial charge on any atom is -0.383 e. The van der Waals surface area contributed by atoms with Crippen molar-refractivity contribution in [3.05, 3.63) is 0 Å². The van der Waals surface area contributed by atoms with Gasteiger partial charge in [0.2, 0.25) is 11.8 Å². The van der Waals surface area contributed by atoms with Crippen LogP contribution in [0.3, 0.4) is 0 Å². The van der Waals surface area contributed by atoms with Crippen LogP contribution in [0.4, 0.5) is 0 Å². The highest BCUT2D eigenvalue weighted by Gasteiger charge is 2.12. The van der Waals surface area contributed by atoms with Crippen LogP contribution in [0.1, 0.15) is 0 Å². The maximum atomic E-state index is 10.9. The Kier molecular flexibility index (Phi) is 4.98. The summed E-state index contributed by atoms with van der Waals surface area (Å²) in [6.45, 7) is -0.0825. The Balaban J connectivity index is 3.64. The molecular formula is C6H13N3O3. The Morgan fingerprint density at radius 1 is 1.58 bits per heavy atom. The summed E-state index contributed by atoms with van der Waals surface area (Å²) in [5.41, 5.74) is 10.1. The zero-order valence-corrected chi connectivity index (χ0v) is 6.87. The molecule has 0 radical (unpaired) electrons. The van der Waals surface area contributed by atoms with E-state index in [4.69, 9.17) is 11.5 Å². The molecule has 0 aliphatic rings. The topological polar surface area (TPSA) is 107 Å². The number of nitrogens with one attached hydrogen (secondary N) is 1. The summed E-state index contributed by atoms with van der Waals surface area (Å²) in [4.78, 5) is 21.1. The van der Waals surface area contributed by atoms with Crippen LogP contribution in [0.25, 0.3) is 0 Å². The van der Waals surface area contributed by atoms with Gasteiger partial charge in [-0.05, 0) is 0 Å². The van der Waals surface area contributed by atoms with Gasteiger partial charge in [-0.25, -0.2) is 0 Å². The zero-order chi connectivity index (χ0) is 9.56. The van der Waals surface area contributed by atoms with E-state index < -0.39 is 17.9 Å². The summed E-state index contributed by atoms with van der Waals surface area (Å²) in [7, 11) is 1.43. The molecule has 0 rings (SSSR count). The first kappa shape index (κ1) is 10.9. The number of carbonyl (C=O) groups excluding carboxylic acids is 2. The quantitative estimate of drug-likeness (QED) is 0.431. The minimum atomic E-state index is -0.755. The highest BCUT2D eigenvalue weighted by Crippen LogP contribution is 1.79. The largest absolute Gasteiger partial charge is 0.383 e. The maximum Gasteiger partial charge on any atom is 0.239 e. The number of amides is 2. The third-order valence-corrected chi connectivity index (χ3v) is 1.12. The summed E-state index contributed by atoms with van der Waals surface area (Å²) in [6.07, 6.45) is 0. The number of hydrogen-bond acceptors (Lipinski definition) is 4. The van der Waals surface area contributed by atoms with Gasteiger partial charge in [-0.3, -0.25) is 9.59 Å². The van der Waals surface area contributed by atoms with Crippen molar-refractivity contribution in [2.75, 3.05) is 20.3 Å². The zero-order valence-electron chi connectivity index (χ0n) is 6.87. The molecule has 0 saturated carbocycles. The number of ether oxygens (including phenoxy) is 1. The second-order valence-corrected chi connectivity index (χ2v) is 2.25. The SMILES string of the molecule is COCC(N)C(=O)NCC(N)=O. The van der Waals surface area contributed by atoms with E-state index in [0.717, 1.165) is 0 Å². The van der Waals surface area contributed by atoms with E-state index in [1.54, 1.807) is 0 Å². The molecular weight excluding hydrogens is 162 g/mol. The third kappa shape index (κ3) is 4.64. The van der Waals surface area contributed by atoms with Gasteiger partial charge in [0.25, 0.3) is 0 Å². The lowest BCUT2D eigenvalue weighted by Crippen LogP contribution is -2.46. The molecule has 6 nitrogen and oxygen atoms in total. The minimum absolute atomic E-state index is 0.116. The number of carbonyl (C=O) groups is 2. The Morgan fingerprint density at radius 3 is 2.58 bits per heavy atom. The second kappa shape index (κ2) is 5.50. The predicted octanol–water partition coefficient (Wildman–Crippen LogP) is -2.44. The molecule has 0 saturated heterocycles. The van der Waals surface area contributed by atoms with E-state index in [1.165, 1.54) is 7.11 Å². The molecule has 0 spiro atoms. The van der Waals surface area contributed by atoms with Gasteiger partial charge in [0.1, 0.15) is 6.04 Å². The van der Waals surface area contributed by atoms with E-state index in [2.05, 4.69) is 10.1 Å². The van der Waals surface area contributed by atoms with E-state index >= 15 is 0 Å². The van der Waals surface area contributed by atoms with Gasteiger partial charge in [-0.15, -0.1) is 0 Å². The van der Waals surface area contributed by atoms with Gasteiger partial charge in [0.15, 0.2) is 0 Å². The fraction of sp³-hybridized carbons (Fsp3) is 0.667. The summed E-state index contributed by atoms with van der Waals surface area (Å²) >= 11 is 0. The molecule has 2 amide bonds. The molecule has 0 fully saturated rings. The van der Waals surface area contributed by atoms with Crippen molar-refractivity contribution < 1.29 is 14.3 Å². The van der Waals surface area contributed by atoms with Crippen molar-refractivity contribution in [1.29, 1.82) is 0 Å². The van der Waals surface area contributed by atoms with Gasteiger partial charge in [0.05, 0.1) is 13.2 Å². The first-order valence-electron chi connectivity index (χ1n) is 3.38. The summed E-state index contributed by atoms with van der Waals surface area (Å²) < 4.78 is 4.63. The van der Waals surface area contributed by atoms with Gasteiger partial charge < -0.3 is 21.5 Å². The smallest absolute Gasteiger partial charge is 0.239 e. The highest BCUT2D eigenvalue weighted by atomic mass is 16.5. The lowest BCUT2D eigenvalue weighted by atomic mass is 10.3. The van der Waals surface area contributed by atoms with E-state index in [9.17, 15) is 9.59 Å². The molecule has 0 aromatic carbocycles. The fourth-order valence-electron chi connectivity index (χ4n) is 0.561. The number of primary amides is 1. The molecule has 70 valence electrons. The molecule has 0 heterocycles. The molecule has 0 aliphatic carbocycles. The molecule has 6 heteroatoms. The van der Waals surface area contributed by atoms with Crippen molar-refractivity contribution in [3.63, 3.8) is 0 Å². The van der Waals surface area contributed by atoms with E-state index in [-0.39, 0.29) is 13.2 Å². The number of nitrogens with two attached hydrogens (primary N) is 2. The molecule has 5 N–H and O–H groups in total. The lowest BCUT2D eigenvalue weighted by Gasteiger charge is -2.09. The monoisotopic (exact) mass is 175 g/mol. The van der Waals surface area contributed by atoms with Crippen molar-refractivity contribution in [1.82, 2.24) is 5.32 Å². The van der Waals surface area contributed by atoms with Crippen LogP contribution in [0.5, 0.6) is 0 Å². The van der Waals surface area contributed by atoms with Crippen LogP contribution in [0, 0.1) is 0 Å². The van der Waals surface area contributed by atoms with Crippen molar-refractivity contribution >= 4 is 11.8 Å². The molecule has 1 atom stereocenters. The van der Waals surface area contributed by atoms with Gasteiger partial charge >= 0.3 is 0 Å². The van der Waals surface area contributed by atoms with Crippen LogP contribution >= 0.6 is 0 Å². The van der Waals surface area contributed by atoms with Gasteiger partial charge in [-0.1, -0.05) is 0 Å². The lowest BCUT2D eigenvalue weighted by molar-refractivity contribution is -0.126. The Hall–Kier alpha value is -1.14. The average Bonchev–Trinajstić information content (AvgIpc) is 2.00. The molecule has 0 aliphatic heterocycles. The van der Waals surface area contributed by atoms with Crippen molar-refractivity contribution in [2.45, 2.75) is 6.04 Å². The van der Waals surface area contributed by atoms with Crippen LogP contribution < -0.4 is 16.8 Å². The highest BCUT2D eigenvalue weighted by molar-refractivity contribution is 5.86. The van der Waals surface area contributed by atoms with Crippen LogP contribution in [0.2, 0.25) is 0 Å². The van der Waals surface area contributed by atoms with Crippen LogP contribution in [-0.4, -0.2) is 38.1 Å². The molecule has 0 bridgehead atoms. The van der Waals surface area contributed by atoms with Crippen LogP contribution in [0.15, 0.2) is 0 Å². The van der Waals surface area contributed by atoms with Gasteiger partial charge in [0, 0.05) is 7.11 Å². The predicted molar refractivity (Wildman–Crippen MR) is 42.1 cm³/mol. The summed E-state index contributed by atoms with van der Waals surface area (Å²) in [5.74, 6) is -1.05. The third-order valence-electron chi connectivity index (χ3n) is 1.12. The Morgan fingerprint density at radius 2 is 2.17 bits per heavy atom. The number of hydrogen-bond donors (Lipinski definition) is 3. The summed E-state index contributed by atoms with van der Waals surface area (Å²) in [5, 5.41) is 2.25. The standard InChI is InChI=1S/C6H13N3O3/c1-12-3-4(7)6(11)9-2-5(8)10/h4H,2-3,7H2,1H3,(H2,8,10)(H,9,11). The first-order chi connectivity index (χ1) is 5.57. The Bertz CT molecular complexity index is 171. The molecule has 0 aromatic rings. The van der Waals surface area contributed by atoms with Crippen molar-refractivity contribution in [3.8, 4) is 0 Å². The fourth-order valence-corrected chi connectivity index (χ4v) is 0.561. The van der Waals surface area contributed by atoms with E-state index in [1.807, 2.05) is 0 Å². The molecule has 12 heavy (non-hydrogen) atoms. The van der Waals surface area contributed by atoms with Gasteiger partial charge in [-0.2, -0.15) is 0 Å². The molecule has 1 unspecified atom stereocenters. The average molecular weight is 175 g/mol. The second-order valence-electron chi connectivity index (χ2n) is 2.25. The molecule has 0 aromatic heterocycles. The van der Waals surface area contributed by atoms with Crippen LogP contribution in [-0.2, 0) is 14.3 Å². The van der Waals surface area contributed by atoms with Crippen molar-refractivity contribution in [2.24, 2.45) is 11.5 Å². The Labute approximate surface area is 70.2 Å². The normalized spacial score (nSPS) is 12.2. The number of rotatable bonds is 5. The number of methoxy groups -OCH3 is 1.